The first-order valence-electron chi connectivity index (χ1n) is 4.66. The minimum atomic E-state index is -0.498. The molecule has 15 heavy (non-hydrogen) atoms. The van der Waals surface area contributed by atoms with Crippen LogP contribution in [0.1, 0.15) is 33.4 Å². The van der Waals surface area contributed by atoms with E-state index in [0.29, 0.717) is 11.4 Å². The minimum Gasteiger partial charge on any atom is -0.464 e. The number of carbonyl (C=O) groups excluding carboxylic acids is 1. The Bertz CT molecular complexity index is 371. The Morgan fingerprint density at radius 3 is 2.60 bits per heavy atom. The quantitative estimate of drug-likeness (QED) is 0.633. The van der Waals surface area contributed by atoms with Crippen molar-refractivity contribution in [1.29, 1.82) is 0 Å². The van der Waals surface area contributed by atoms with Crippen LogP contribution in [0.15, 0.2) is 0 Å². The number of rotatable bonds is 3. The fourth-order valence-electron chi connectivity index (χ4n) is 1.48. The van der Waals surface area contributed by atoms with Crippen molar-refractivity contribution in [3.05, 3.63) is 22.5 Å². The van der Waals surface area contributed by atoms with Gasteiger partial charge in [0.15, 0.2) is 0 Å². The van der Waals surface area contributed by atoms with Gasteiger partial charge in [0.2, 0.25) is 0 Å². The fraction of sp³-hybridized carbons (Fsp3) is 0.500. The number of aliphatic hydroxyl groups is 1. The Kier molecular flexibility index (Phi) is 3.49. The van der Waals surface area contributed by atoms with E-state index in [1.54, 1.807) is 0 Å². The molecule has 0 saturated carbocycles. The molecular weight excluding hydrogens is 196 g/mol. The van der Waals surface area contributed by atoms with Crippen LogP contribution in [0.5, 0.6) is 0 Å². The molecule has 1 heterocycles. The zero-order valence-electron chi connectivity index (χ0n) is 9.13. The van der Waals surface area contributed by atoms with Crippen LogP contribution in [0.2, 0.25) is 0 Å². The predicted molar refractivity (Wildman–Crippen MR) is 55.6 cm³/mol. The predicted octanol–water partition coefficient (Wildman–Crippen LogP) is 0.410. The van der Waals surface area contributed by atoms with Crippen molar-refractivity contribution in [3.63, 3.8) is 0 Å². The third-order valence-electron chi connectivity index (χ3n) is 2.56. The number of aromatic nitrogens is 1. The molecule has 0 spiro atoms. The SMILES string of the molecule is COC(=O)c1[nH]c(C(N)CO)c(C)c1C. The van der Waals surface area contributed by atoms with Gasteiger partial charge in [-0.05, 0) is 25.0 Å². The van der Waals surface area contributed by atoms with E-state index in [-0.39, 0.29) is 6.61 Å². The molecule has 0 aromatic carbocycles. The van der Waals surface area contributed by atoms with Gasteiger partial charge in [0.1, 0.15) is 5.69 Å². The van der Waals surface area contributed by atoms with Crippen molar-refractivity contribution >= 4 is 5.97 Å². The number of hydrogen-bond donors (Lipinski definition) is 3. The third kappa shape index (κ3) is 2.03. The number of nitrogens with two attached hydrogens (primary N) is 1. The molecule has 0 fully saturated rings. The molecule has 1 aromatic heterocycles. The molecule has 0 radical (unpaired) electrons. The Hall–Kier alpha value is -1.33. The van der Waals surface area contributed by atoms with Crippen LogP contribution in [0.4, 0.5) is 0 Å². The average Bonchev–Trinajstić information content (AvgIpc) is 2.54. The van der Waals surface area contributed by atoms with Crippen molar-refractivity contribution in [2.24, 2.45) is 5.73 Å². The van der Waals surface area contributed by atoms with Crippen LogP contribution in [0.3, 0.4) is 0 Å². The number of H-pyrrole nitrogens is 1. The highest BCUT2D eigenvalue weighted by atomic mass is 16.5. The van der Waals surface area contributed by atoms with Crippen LogP contribution in [-0.4, -0.2) is 29.8 Å². The summed E-state index contributed by atoms with van der Waals surface area (Å²) in [5, 5.41) is 8.95. The van der Waals surface area contributed by atoms with Crippen LogP contribution < -0.4 is 5.73 Å². The van der Waals surface area contributed by atoms with E-state index in [1.165, 1.54) is 7.11 Å². The lowest BCUT2D eigenvalue weighted by Crippen LogP contribution is -2.16. The van der Waals surface area contributed by atoms with E-state index < -0.39 is 12.0 Å². The summed E-state index contributed by atoms with van der Waals surface area (Å²) in [4.78, 5) is 14.2. The molecule has 1 atom stereocenters. The molecule has 0 amide bonds. The van der Waals surface area contributed by atoms with Crippen molar-refractivity contribution in [2.75, 3.05) is 13.7 Å². The van der Waals surface area contributed by atoms with Crippen molar-refractivity contribution in [2.45, 2.75) is 19.9 Å². The lowest BCUT2D eigenvalue weighted by molar-refractivity contribution is 0.0593. The molecule has 0 bridgehead atoms. The van der Waals surface area contributed by atoms with Crippen LogP contribution in [-0.2, 0) is 4.74 Å². The second kappa shape index (κ2) is 4.46. The van der Waals surface area contributed by atoms with Crippen molar-refractivity contribution in [1.82, 2.24) is 4.98 Å². The topological polar surface area (TPSA) is 88.3 Å². The molecule has 84 valence electrons. The highest BCUT2D eigenvalue weighted by molar-refractivity contribution is 5.89. The molecule has 1 aromatic rings. The van der Waals surface area contributed by atoms with Crippen LogP contribution in [0, 0.1) is 13.8 Å². The Morgan fingerprint density at radius 2 is 2.13 bits per heavy atom. The molecule has 1 rings (SSSR count). The summed E-state index contributed by atoms with van der Waals surface area (Å²) in [6.45, 7) is 3.50. The molecular formula is C10H16N2O3. The zero-order valence-corrected chi connectivity index (χ0v) is 9.13. The van der Waals surface area contributed by atoms with Gasteiger partial charge in [-0.3, -0.25) is 0 Å². The number of methoxy groups -OCH3 is 1. The maximum absolute atomic E-state index is 11.4. The highest BCUT2D eigenvalue weighted by Gasteiger charge is 2.19. The van der Waals surface area contributed by atoms with E-state index in [1.807, 2.05) is 13.8 Å². The van der Waals surface area contributed by atoms with E-state index in [9.17, 15) is 4.79 Å². The van der Waals surface area contributed by atoms with Gasteiger partial charge in [-0.2, -0.15) is 0 Å². The van der Waals surface area contributed by atoms with Gasteiger partial charge >= 0.3 is 5.97 Å². The van der Waals surface area contributed by atoms with E-state index in [4.69, 9.17) is 10.8 Å². The van der Waals surface area contributed by atoms with E-state index >= 15 is 0 Å². The van der Waals surface area contributed by atoms with Gasteiger partial charge in [-0.1, -0.05) is 0 Å². The number of carbonyl (C=O) groups is 1. The number of aliphatic hydroxyl groups excluding tert-OH is 1. The molecule has 0 aliphatic carbocycles. The molecule has 1 unspecified atom stereocenters. The van der Waals surface area contributed by atoms with E-state index in [2.05, 4.69) is 9.72 Å². The number of aromatic amines is 1. The Balaban J connectivity index is 3.18. The lowest BCUT2D eigenvalue weighted by atomic mass is 10.1. The number of nitrogens with one attached hydrogen (secondary N) is 1. The van der Waals surface area contributed by atoms with Crippen molar-refractivity contribution in [3.8, 4) is 0 Å². The number of ether oxygens (including phenoxy) is 1. The summed E-state index contributed by atoms with van der Waals surface area (Å²) in [6, 6.07) is -0.498. The van der Waals surface area contributed by atoms with Crippen molar-refractivity contribution < 1.29 is 14.6 Å². The first-order chi connectivity index (χ1) is 7.02. The van der Waals surface area contributed by atoms with Crippen LogP contribution >= 0.6 is 0 Å². The van der Waals surface area contributed by atoms with Gasteiger partial charge < -0.3 is 20.6 Å². The summed E-state index contributed by atoms with van der Waals surface area (Å²) in [5.74, 6) is -0.424. The second-order valence-corrected chi connectivity index (χ2v) is 3.44. The van der Waals surface area contributed by atoms with Gasteiger partial charge in [0.05, 0.1) is 19.8 Å². The summed E-state index contributed by atoms with van der Waals surface area (Å²) in [7, 11) is 1.32. The monoisotopic (exact) mass is 212 g/mol. The Morgan fingerprint density at radius 1 is 1.53 bits per heavy atom. The summed E-state index contributed by atoms with van der Waals surface area (Å²) in [5.41, 5.74) is 8.45. The third-order valence-corrected chi connectivity index (χ3v) is 2.56. The zero-order chi connectivity index (χ0) is 11.6. The molecule has 0 aliphatic rings. The average molecular weight is 212 g/mol. The Labute approximate surface area is 88.2 Å². The first kappa shape index (κ1) is 11.7. The lowest BCUT2D eigenvalue weighted by Gasteiger charge is -2.06. The van der Waals surface area contributed by atoms with Gasteiger partial charge in [0.25, 0.3) is 0 Å². The summed E-state index contributed by atoms with van der Waals surface area (Å²) < 4.78 is 4.63. The van der Waals surface area contributed by atoms with Gasteiger partial charge in [0, 0.05) is 5.69 Å². The maximum Gasteiger partial charge on any atom is 0.354 e. The molecule has 0 saturated heterocycles. The summed E-state index contributed by atoms with van der Waals surface area (Å²) >= 11 is 0. The number of esters is 1. The molecule has 0 aliphatic heterocycles. The largest absolute Gasteiger partial charge is 0.464 e. The normalized spacial score (nSPS) is 12.6. The molecule has 5 nitrogen and oxygen atoms in total. The van der Waals surface area contributed by atoms with Gasteiger partial charge in [-0.25, -0.2) is 4.79 Å². The summed E-state index contributed by atoms with van der Waals surface area (Å²) in [6.07, 6.45) is 0. The molecule has 5 heteroatoms. The minimum absolute atomic E-state index is 0.165. The fourth-order valence-corrected chi connectivity index (χ4v) is 1.48. The smallest absolute Gasteiger partial charge is 0.354 e. The standard InChI is InChI=1S/C10H16N2O3/c1-5-6(2)9(10(14)15-3)12-8(5)7(11)4-13/h7,12-13H,4,11H2,1-3H3. The second-order valence-electron chi connectivity index (χ2n) is 3.44. The van der Waals surface area contributed by atoms with Crippen LogP contribution in [0.25, 0.3) is 0 Å². The number of hydrogen-bond acceptors (Lipinski definition) is 4. The van der Waals surface area contributed by atoms with Gasteiger partial charge in [-0.15, -0.1) is 0 Å². The first-order valence-corrected chi connectivity index (χ1v) is 4.66. The molecule has 4 N–H and O–H groups in total. The maximum atomic E-state index is 11.4. The highest BCUT2D eigenvalue weighted by Crippen LogP contribution is 2.21. The van der Waals surface area contributed by atoms with E-state index in [0.717, 1.165) is 11.1 Å².